The lowest BCUT2D eigenvalue weighted by Crippen LogP contribution is -2.45. The predicted octanol–water partition coefficient (Wildman–Crippen LogP) is 12.4. The summed E-state index contributed by atoms with van der Waals surface area (Å²) in [6.07, 6.45) is 52.0. The van der Waals surface area contributed by atoms with Gasteiger partial charge in [0.2, 0.25) is 5.91 Å². The van der Waals surface area contributed by atoms with E-state index in [0.717, 1.165) is 38.5 Å². The van der Waals surface area contributed by atoms with Crippen molar-refractivity contribution in [1.29, 1.82) is 0 Å². The maximum Gasteiger partial charge on any atom is 0.220 e. The summed E-state index contributed by atoms with van der Waals surface area (Å²) in [5.41, 5.74) is 0. The van der Waals surface area contributed by atoms with E-state index in [2.05, 4.69) is 55.6 Å². The van der Waals surface area contributed by atoms with Crippen molar-refractivity contribution in [2.45, 2.75) is 212 Å². The van der Waals surface area contributed by atoms with Crippen molar-refractivity contribution in [2.24, 2.45) is 0 Å². The Morgan fingerprint density at radius 3 is 1.26 bits per heavy atom. The van der Waals surface area contributed by atoms with Crippen molar-refractivity contribution in [3.05, 3.63) is 48.6 Å². The van der Waals surface area contributed by atoms with Gasteiger partial charge in [0.25, 0.3) is 0 Å². The van der Waals surface area contributed by atoms with E-state index in [0.29, 0.717) is 6.42 Å². The topological polar surface area (TPSA) is 69.6 Å². The Bertz CT molecular complexity index is 756. The number of hydrogen-bond donors (Lipinski definition) is 3. The van der Waals surface area contributed by atoms with Crippen molar-refractivity contribution in [1.82, 2.24) is 5.32 Å². The zero-order valence-electron chi connectivity index (χ0n) is 31.3. The summed E-state index contributed by atoms with van der Waals surface area (Å²) < 4.78 is 0. The summed E-state index contributed by atoms with van der Waals surface area (Å²) in [4.78, 5) is 12.3. The minimum absolute atomic E-state index is 0.0848. The summed E-state index contributed by atoms with van der Waals surface area (Å²) >= 11 is 0. The fourth-order valence-corrected chi connectivity index (χ4v) is 5.85. The minimum atomic E-state index is -0.871. The number of carbonyl (C=O) groups is 1. The standard InChI is InChI=1S/C43H79NO3/c1-3-5-7-9-11-13-15-17-19-20-21-22-23-25-26-28-30-32-34-36-38-42(46)41(40-45)44-43(47)39-37-35-33-31-29-27-24-18-16-14-12-10-8-6-4-2/h14,16,22-23,28,30,36,38,41-42,45-46H,3-13,15,17-21,24-27,29,31-35,37,39-40H2,1-2H3,(H,44,47)/b16-14-,23-22+,30-28+,38-36+. The first kappa shape index (κ1) is 45.3. The number of allylic oxidation sites excluding steroid dienone is 7. The number of nitrogens with one attached hydrogen (secondary N) is 1. The Balaban J connectivity index is 3.69. The molecule has 4 heteroatoms. The third-order valence-electron chi connectivity index (χ3n) is 9.01. The van der Waals surface area contributed by atoms with Crippen molar-refractivity contribution >= 4 is 5.91 Å². The average Bonchev–Trinajstić information content (AvgIpc) is 3.07. The molecule has 0 rings (SSSR count). The van der Waals surface area contributed by atoms with E-state index < -0.39 is 12.1 Å². The van der Waals surface area contributed by atoms with Gasteiger partial charge in [-0.15, -0.1) is 0 Å². The SMILES string of the molecule is CCCCCC/C=C\CCCCCCCCCC(=O)NC(CO)C(O)/C=C/CC/C=C/CC/C=C/CCCCCCCCCCCC. The Kier molecular flexibility index (Phi) is 37.4. The summed E-state index contributed by atoms with van der Waals surface area (Å²) in [7, 11) is 0. The molecule has 0 aliphatic heterocycles. The van der Waals surface area contributed by atoms with Crippen LogP contribution < -0.4 is 5.32 Å². The molecular weight excluding hydrogens is 578 g/mol. The smallest absolute Gasteiger partial charge is 0.220 e. The first-order valence-corrected chi connectivity index (χ1v) is 20.4. The number of aliphatic hydroxyl groups is 2. The van der Waals surface area contributed by atoms with Gasteiger partial charge in [0.1, 0.15) is 0 Å². The Labute approximate surface area is 293 Å². The third-order valence-corrected chi connectivity index (χ3v) is 9.01. The van der Waals surface area contributed by atoms with Gasteiger partial charge >= 0.3 is 0 Å². The molecular formula is C43H79NO3. The largest absolute Gasteiger partial charge is 0.394 e. The number of amides is 1. The van der Waals surface area contributed by atoms with Gasteiger partial charge in [-0.3, -0.25) is 4.79 Å². The first-order chi connectivity index (χ1) is 23.2. The Morgan fingerprint density at radius 2 is 0.830 bits per heavy atom. The normalized spacial score (nSPS) is 13.5. The molecule has 2 atom stereocenters. The molecule has 0 saturated carbocycles. The number of unbranched alkanes of at least 4 members (excludes halogenated alkanes) is 23. The fraction of sp³-hybridized carbons (Fsp3) is 0.791. The lowest BCUT2D eigenvalue weighted by atomic mass is 10.1. The zero-order valence-corrected chi connectivity index (χ0v) is 31.3. The van der Waals surface area contributed by atoms with Crippen LogP contribution in [0.15, 0.2) is 48.6 Å². The van der Waals surface area contributed by atoms with Crippen LogP contribution in [0.3, 0.4) is 0 Å². The number of rotatable bonds is 36. The molecule has 0 aliphatic carbocycles. The molecule has 0 bridgehead atoms. The number of aliphatic hydroxyl groups excluding tert-OH is 2. The highest BCUT2D eigenvalue weighted by atomic mass is 16.3. The molecule has 2 unspecified atom stereocenters. The van der Waals surface area contributed by atoms with Gasteiger partial charge in [0.15, 0.2) is 0 Å². The summed E-state index contributed by atoms with van der Waals surface area (Å²) in [5.74, 6) is -0.0848. The molecule has 274 valence electrons. The molecule has 4 nitrogen and oxygen atoms in total. The number of carbonyl (C=O) groups excluding carboxylic acids is 1. The second-order valence-corrected chi connectivity index (χ2v) is 13.7. The molecule has 0 saturated heterocycles. The number of hydrogen-bond acceptors (Lipinski definition) is 3. The van der Waals surface area contributed by atoms with Crippen LogP contribution in [0.5, 0.6) is 0 Å². The van der Waals surface area contributed by atoms with E-state index in [4.69, 9.17) is 0 Å². The maximum absolute atomic E-state index is 12.3. The second kappa shape index (κ2) is 38.8. The molecule has 1 amide bonds. The van der Waals surface area contributed by atoms with E-state index in [9.17, 15) is 15.0 Å². The van der Waals surface area contributed by atoms with Crippen LogP contribution in [0, 0.1) is 0 Å². The van der Waals surface area contributed by atoms with Crippen LogP contribution in [-0.2, 0) is 4.79 Å². The quantitative estimate of drug-likeness (QED) is 0.0464. The summed E-state index contributed by atoms with van der Waals surface area (Å²) in [6.45, 7) is 4.27. The van der Waals surface area contributed by atoms with E-state index in [-0.39, 0.29) is 12.5 Å². The molecule has 0 aromatic carbocycles. The van der Waals surface area contributed by atoms with Crippen LogP contribution in [0.25, 0.3) is 0 Å². The first-order valence-electron chi connectivity index (χ1n) is 20.4. The van der Waals surface area contributed by atoms with Gasteiger partial charge in [0.05, 0.1) is 18.8 Å². The van der Waals surface area contributed by atoms with Crippen LogP contribution in [0.2, 0.25) is 0 Å². The van der Waals surface area contributed by atoms with Crippen LogP contribution in [0.4, 0.5) is 0 Å². The van der Waals surface area contributed by atoms with Crippen molar-refractivity contribution in [3.8, 4) is 0 Å². The van der Waals surface area contributed by atoms with Gasteiger partial charge in [-0.25, -0.2) is 0 Å². The monoisotopic (exact) mass is 658 g/mol. The van der Waals surface area contributed by atoms with Gasteiger partial charge in [-0.05, 0) is 70.6 Å². The van der Waals surface area contributed by atoms with Gasteiger partial charge in [-0.2, -0.15) is 0 Å². The highest BCUT2D eigenvalue weighted by molar-refractivity contribution is 5.76. The van der Waals surface area contributed by atoms with Gasteiger partial charge < -0.3 is 15.5 Å². The highest BCUT2D eigenvalue weighted by Crippen LogP contribution is 2.13. The molecule has 0 aromatic rings. The van der Waals surface area contributed by atoms with E-state index in [1.165, 1.54) is 141 Å². The Morgan fingerprint density at radius 1 is 0.489 bits per heavy atom. The zero-order chi connectivity index (χ0) is 34.3. The van der Waals surface area contributed by atoms with Crippen molar-refractivity contribution < 1.29 is 15.0 Å². The lowest BCUT2D eigenvalue weighted by Gasteiger charge is -2.19. The maximum atomic E-state index is 12.3. The van der Waals surface area contributed by atoms with Crippen LogP contribution in [-0.4, -0.2) is 34.9 Å². The molecule has 0 spiro atoms. The molecule has 0 radical (unpaired) electrons. The fourth-order valence-electron chi connectivity index (χ4n) is 5.85. The van der Waals surface area contributed by atoms with E-state index >= 15 is 0 Å². The van der Waals surface area contributed by atoms with Gasteiger partial charge in [0, 0.05) is 6.42 Å². The summed E-state index contributed by atoms with van der Waals surface area (Å²) in [6, 6.07) is -0.646. The van der Waals surface area contributed by atoms with E-state index in [1.54, 1.807) is 6.08 Å². The molecule has 0 aliphatic rings. The molecule has 0 aromatic heterocycles. The lowest BCUT2D eigenvalue weighted by molar-refractivity contribution is -0.123. The molecule has 47 heavy (non-hydrogen) atoms. The molecule has 0 heterocycles. The third kappa shape index (κ3) is 35.5. The Hall–Kier alpha value is -1.65. The second-order valence-electron chi connectivity index (χ2n) is 13.7. The average molecular weight is 658 g/mol. The van der Waals surface area contributed by atoms with Gasteiger partial charge in [-0.1, -0.05) is 172 Å². The van der Waals surface area contributed by atoms with Crippen molar-refractivity contribution in [3.63, 3.8) is 0 Å². The molecule has 0 fully saturated rings. The predicted molar refractivity (Wildman–Crippen MR) is 207 cm³/mol. The van der Waals surface area contributed by atoms with Crippen LogP contribution in [0.1, 0.15) is 200 Å². The molecule has 3 N–H and O–H groups in total. The van der Waals surface area contributed by atoms with Crippen molar-refractivity contribution in [2.75, 3.05) is 6.61 Å². The summed E-state index contributed by atoms with van der Waals surface area (Å²) in [5, 5.41) is 22.9. The minimum Gasteiger partial charge on any atom is -0.394 e. The van der Waals surface area contributed by atoms with Crippen LogP contribution >= 0.6 is 0 Å². The highest BCUT2D eigenvalue weighted by Gasteiger charge is 2.17. The van der Waals surface area contributed by atoms with E-state index in [1.807, 2.05) is 6.08 Å².